The second-order valence-electron chi connectivity index (χ2n) is 19.0. The summed E-state index contributed by atoms with van der Waals surface area (Å²) in [5, 5.41) is 2.31. The van der Waals surface area contributed by atoms with Gasteiger partial charge in [0.05, 0.1) is 5.41 Å². The summed E-state index contributed by atoms with van der Waals surface area (Å²) in [5.74, 6) is 1.92. The minimum Gasteiger partial charge on any atom is -0.455 e. The van der Waals surface area contributed by atoms with Gasteiger partial charge in [-0.2, -0.15) is 0 Å². The Balaban J connectivity index is 0.926. The van der Waals surface area contributed by atoms with Crippen LogP contribution in [0.4, 0.5) is 17.1 Å². The predicted octanol–water partition coefficient (Wildman–Crippen LogP) is 18.4. The van der Waals surface area contributed by atoms with E-state index in [-0.39, 0.29) is 0 Å². The van der Waals surface area contributed by atoms with Crippen molar-refractivity contribution in [2.24, 2.45) is 0 Å². The van der Waals surface area contributed by atoms with Gasteiger partial charge in [-0.05, 0) is 127 Å². The summed E-state index contributed by atoms with van der Waals surface area (Å²) in [6.07, 6.45) is 6.64. The first-order chi connectivity index (χ1) is 35.2. The van der Waals surface area contributed by atoms with E-state index in [1.54, 1.807) is 0 Å². The van der Waals surface area contributed by atoms with E-state index >= 15 is 0 Å². The smallest absolute Gasteiger partial charge is 0.140 e. The summed E-state index contributed by atoms with van der Waals surface area (Å²) in [6, 6.07) is 91.3. The lowest BCUT2D eigenvalue weighted by Crippen LogP contribution is -2.32. The van der Waals surface area contributed by atoms with Gasteiger partial charge in [0.1, 0.15) is 11.5 Å². The van der Waals surface area contributed by atoms with Crippen molar-refractivity contribution in [1.29, 1.82) is 0 Å². The Hall–Kier alpha value is -8.98. The number of ether oxygens (including phenoxy) is 1. The van der Waals surface area contributed by atoms with E-state index in [1.165, 1.54) is 88.8 Å². The van der Waals surface area contributed by atoms with E-state index in [9.17, 15) is 0 Å². The van der Waals surface area contributed by atoms with Crippen molar-refractivity contribution in [3.05, 3.63) is 288 Å². The number of aryl methyl sites for hydroxylation is 1. The minimum absolute atomic E-state index is 0.608. The fourth-order valence-electron chi connectivity index (χ4n) is 11.9. The molecule has 14 rings (SSSR count). The number of hydrogen-bond acceptors (Lipinski definition) is 2. The maximum absolute atomic E-state index is 7.28. The number of rotatable bonds is 7. The van der Waals surface area contributed by atoms with Crippen molar-refractivity contribution in [1.82, 2.24) is 0 Å². The highest BCUT2D eigenvalue weighted by molar-refractivity contribution is 6.00. The van der Waals surface area contributed by atoms with Crippen molar-refractivity contribution in [2.45, 2.75) is 18.3 Å². The van der Waals surface area contributed by atoms with Crippen LogP contribution < -0.4 is 9.64 Å². The molecule has 1 atom stereocenters. The van der Waals surface area contributed by atoms with Gasteiger partial charge in [-0.25, -0.2) is 0 Å². The molecular formula is C69H47NO. The van der Waals surface area contributed by atoms with E-state index in [4.69, 9.17) is 4.74 Å². The molecule has 71 heavy (non-hydrogen) atoms. The predicted molar refractivity (Wildman–Crippen MR) is 295 cm³/mol. The van der Waals surface area contributed by atoms with E-state index in [0.717, 1.165) is 52.4 Å². The van der Waals surface area contributed by atoms with Gasteiger partial charge in [0.25, 0.3) is 0 Å². The van der Waals surface area contributed by atoms with Crippen LogP contribution in [-0.2, 0) is 11.8 Å². The molecule has 0 aromatic heterocycles. The van der Waals surface area contributed by atoms with Crippen LogP contribution >= 0.6 is 0 Å². The Morgan fingerprint density at radius 2 is 0.901 bits per heavy atom. The van der Waals surface area contributed by atoms with E-state index < -0.39 is 5.41 Å². The zero-order valence-corrected chi connectivity index (χ0v) is 39.1. The number of nitrogens with zero attached hydrogens (tertiary/aromatic N) is 1. The Morgan fingerprint density at radius 1 is 0.366 bits per heavy atom. The molecule has 11 aromatic rings. The van der Waals surface area contributed by atoms with Gasteiger partial charge in [-0.1, -0.05) is 224 Å². The monoisotopic (exact) mass is 905 g/mol. The molecule has 3 aliphatic rings. The fraction of sp³-hybridized carbons (Fsp3) is 0.0435. The molecule has 1 heterocycles. The average Bonchev–Trinajstić information content (AvgIpc) is 3.74. The van der Waals surface area contributed by atoms with E-state index in [1.807, 2.05) is 0 Å². The van der Waals surface area contributed by atoms with Crippen molar-refractivity contribution in [2.75, 3.05) is 4.90 Å². The second-order valence-corrected chi connectivity index (χ2v) is 19.0. The zero-order valence-electron chi connectivity index (χ0n) is 39.1. The number of anilines is 3. The quantitative estimate of drug-likeness (QED) is 0.158. The molecule has 0 saturated heterocycles. The molecule has 0 radical (unpaired) electrons. The van der Waals surface area contributed by atoms with Gasteiger partial charge >= 0.3 is 0 Å². The lowest BCUT2D eigenvalue weighted by Gasteiger charge is -2.41. The van der Waals surface area contributed by atoms with Crippen LogP contribution in [0.2, 0.25) is 0 Å². The van der Waals surface area contributed by atoms with Crippen molar-refractivity contribution in [3.8, 4) is 67.1 Å². The summed E-state index contributed by atoms with van der Waals surface area (Å²) in [7, 11) is 0. The van der Waals surface area contributed by atoms with Gasteiger partial charge in [0.15, 0.2) is 0 Å². The van der Waals surface area contributed by atoms with E-state index in [2.05, 4.69) is 266 Å². The van der Waals surface area contributed by atoms with Crippen LogP contribution in [0.25, 0.3) is 72.5 Å². The SMILES string of the molecule is C1=Cc2c(ccc3c2Oc2c(ccc4ccccc24)C32c3ccccc3-c3c(-c4cccc(N(c5ccc(-c6ccccc6)cc5)c5ccc(-c6ccc(-c7ccccc7)cc6)cc5)c4)cccc32)CC1. The normalized spacial score (nSPS) is 14.8. The number of allylic oxidation sites excluding steroid dienone is 1. The molecule has 0 fully saturated rings. The standard InChI is InChI=1S/C69H47NO/c1-3-15-46(16-4-1)48-29-31-49(32-30-48)51-35-41-56(42-36-51)70(55-39-33-50(34-40-55)47-17-5-2-6-18-47)57-22-13-21-54(45-57)58-26-14-28-63-66(58)61-25-11-12-27-62(61)69(63)64-43-37-52-19-7-9-23-59(52)67(64)71-68-60-24-10-8-20-53(60)38-44-65(68)69/h1-7,9-19,21-45H,8,20H2. The molecular weight excluding hydrogens is 859 g/mol. The average molecular weight is 906 g/mol. The molecule has 11 aromatic carbocycles. The molecule has 0 saturated carbocycles. The third-order valence-corrected chi connectivity index (χ3v) is 15.2. The van der Waals surface area contributed by atoms with Gasteiger partial charge in [0, 0.05) is 39.1 Å². The Labute approximate surface area is 415 Å². The Bertz CT molecular complexity index is 3870. The third-order valence-electron chi connectivity index (χ3n) is 15.2. The van der Waals surface area contributed by atoms with Crippen molar-refractivity contribution >= 4 is 33.9 Å². The van der Waals surface area contributed by atoms with Crippen LogP contribution in [-0.4, -0.2) is 0 Å². The minimum atomic E-state index is -0.608. The topological polar surface area (TPSA) is 12.5 Å². The number of fused-ring (bicyclic) bond motifs is 13. The van der Waals surface area contributed by atoms with Crippen LogP contribution in [0.1, 0.15) is 39.8 Å². The van der Waals surface area contributed by atoms with Crippen LogP contribution in [0.15, 0.2) is 255 Å². The maximum atomic E-state index is 7.28. The lowest BCUT2D eigenvalue weighted by atomic mass is 9.65. The first-order valence-corrected chi connectivity index (χ1v) is 24.8. The molecule has 0 N–H and O–H groups in total. The fourth-order valence-corrected chi connectivity index (χ4v) is 11.9. The largest absolute Gasteiger partial charge is 0.455 e. The van der Waals surface area contributed by atoms with E-state index in [0.29, 0.717) is 0 Å². The molecule has 1 spiro atoms. The molecule has 2 aliphatic carbocycles. The van der Waals surface area contributed by atoms with Crippen LogP contribution in [0.5, 0.6) is 11.5 Å². The van der Waals surface area contributed by atoms with Gasteiger partial charge in [0.2, 0.25) is 0 Å². The highest BCUT2D eigenvalue weighted by Crippen LogP contribution is 2.65. The Morgan fingerprint density at radius 3 is 1.61 bits per heavy atom. The van der Waals surface area contributed by atoms with Crippen molar-refractivity contribution in [3.63, 3.8) is 0 Å². The number of hydrogen-bond donors (Lipinski definition) is 0. The van der Waals surface area contributed by atoms with Gasteiger partial charge < -0.3 is 9.64 Å². The van der Waals surface area contributed by atoms with Gasteiger partial charge in [-0.3, -0.25) is 0 Å². The summed E-state index contributed by atoms with van der Waals surface area (Å²) >= 11 is 0. The summed E-state index contributed by atoms with van der Waals surface area (Å²) in [5.41, 5.74) is 22.2. The second kappa shape index (κ2) is 16.6. The highest BCUT2D eigenvalue weighted by atomic mass is 16.5. The molecule has 0 bridgehead atoms. The maximum Gasteiger partial charge on any atom is 0.140 e. The molecule has 1 aliphatic heterocycles. The zero-order chi connectivity index (χ0) is 46.9. The van der Waals surface area contributed by atoms with Crippen molar-refractivity contribution < 1.29 is 4.74 Å². The number of benzene rings is 11. The lowest BCUT2D eigenvalue weighted by molar-refractivity contribution is 0.439. The van der Waals surface area contributed by atoms with Gasteiger partial charge in [-0.15, -0.1) is 0 Å². The molecule has 1 unspecified atom stereocenters. The molecule has 334 valence electrons. The first-order valence-electron chi connectivity index (χ1n) is 24.8. The highest BCUT2D eigenvalue weighted by Gasteiger charge is 2.52. The summed E-state index contributed by atoms with van der Waals surface area (Å²) in [4.78, 5) is 2.39. The third kappa shape index (κ3) is 6.56. The van der Waals surface area contributed by atoms with Crippen LogP contribution in [0, 0.1) is 0 Å². The van der Waals surface area contributed by atoms with Crippen LogP contribution in [0.3, 0.4) is 0 Å². The summed E-state index contributed by atoms with van der Waals surface area (Å²) in [6.45, 7) is 0. The summed E-state index contributed by atoms with van der Waals surface area (Å²) < 4.78 is 7.28. The Kier molecular flexibility index (Phi) is 9.60. The first kappa shape index (κ1) is 41.0. The molecule has 0 amide bonds. The molecule has 2 heteroatoms. The molecule has 2 nitrogen and oxygen atoms in total.